The second kappa shape index (κ2) is 9.28. The van der Waals surface area contributed by atoms with Crippen molar-refractivity contribution < 1.29 is 9.53 Å². The third kappa shape index (κ3) is 5.18. The van der Waals surface area contributed by atoms with E-state index >= 15 is 0 Å². The summed E-state index contributed by atoms with van der Waals surface area (Å²) in [7, 11) is 0. The molecule has 0 unspecified atom stereocenters. The minimum absolute atomic E-state index is 0.279. The van der Waals surface area contributed by atoms with Crippen LogP contribution >= 0.6 is 11.6 Å². The summed E-state index contributed by atoms with van der Waals surface area (Å²) in [6.07, 6.45) is 1.33. The number of carbonyl (C=O) groups excluding carboxylic acids is 1. The molecule has 7 heteroatoms. The van der Waals surface area contributed by atoms with Gasteiger partial charge >= 0.3 is 0 Å². The Kier molecular flexibility index (Phi) is 6.10. The number of hydrogen-bond donors (Lipinski definition) is 2. The first kappa shape index (κ1) is 20.4. The Labute approximate surface area is 183 Å². The highest BCUT2D eigenvalue weighted by molar-refractivity contribution is 6.30. The summed E-state index contributed by atoms with van der Waals surface area (Å²) in [5.41, 5.74) is 4.66. The first-order valence-electron chi connectivity index (χ1n) is 9.51. The fourth-order valence-electron chi connectivity index (χ4n) is 2.93. The van der Waals surface area contributed by atoms with E-state index in [0.29, 0.717) is 28.5 Å². The summed E-state index contributed by atoms with van der Waals surface area (Å²) in [4.78, 5) is 27.2. The van der Waals surface area contributed by atoms with Crippen molar-refractivity contribution >= 4 is 34.6 Å². The SMILES string of the molecule is O=C(N/N=C\c1cc2ccccc2[nH]c1=O)c1ccc(OCc2ccc(Cl)cc2)cc1. The Hall–Kier alpha value is -3.90. The predicted octanol–water partition coefficient (Wildman–Crippen LogP) is 4.52. The Morgan fingerprint density at radius 3 is 2.55 bits per heavy atom. The molecule has 0 aliphatic carbocycles. The second-order valence-corrected chi connectivity index (χ2v) is 7.22. The highest BCUT2D eigenvalue weighted by Gasteiger charge is 2.05. The molecule has 0 aliphatic rings. The largest absolute Gasteiger partial charge is 0.489 e. The summed E-state index contributed by atoms with van der Waals surface area (Å²) >= 11 is 5.87. The number of amides is 1. The molecule has 3 aromatic carbocycles. The third-order valence-electron chi connectivity index (χ3n) is 4.59. The number of rotatable bonds is 6. The number of aromatic amines is 1. The molecule has 0 spiro atoms. The molecule has 1 amide bonds. The van der Waals surface area contributed by atoms with Crippen LogP contribution in [0.3, 0.4) is 0 Å². The fourth-order valence-corrected chi connectivity index (χ4v) is 3.06. The molecule has 0 bridgehead atoms. The number of nitrogens with zero attached hydrogens (tertiary/aromatic N) is 1. The van der Waals surface area contributed by atoms with Crippen molar-refractivity contribution in [1.29, 1.82) is 0 Å². The number of fused-ring (bicyclic) bond motifs is 1. The molecule has 0 aliphatic heterocycles. The zero-order chi connectivity index (χ0) is 21.6. The van der Waals surface area contributed by atoms with E-state index in [9.17, 15) is 9.59 Å². The standard InChI is InChI=1S/C24H18ClN3O3/c25-20-9-5-16(6-10-20)15-31-21-11-7-17(8-12-21)24(30)28-26-14-19-13-18-3-1-2-4-22(18)27-23(19)29/h1-14H,15H2,(H,27,29)(H,28,30)/b26-14-. The number of benzene rings is 3. The van der Waals surface area contributed by atoms with Gasteiger partial charge in [0, 0.05) is 16.1 Å². The summed E-state index contributed by atoms with van der Waals surface area (Å²) in [5, 5.41) is 5.46. The molecule has 0 fully saturated rings. The zero-order valence-corrected chi connectivity index (χ0v) is 17.1. The molecule has 0 radical (unpaired) electrons. The van der Waals surface area contributed by atoms with Crippen LogP contribution < -0.4 is 15.7 Å². The van der Waals surface area contributed by atoms with Crippen molar-refractivity contribution in [2.24, 2.45) is 5.10 Å². The van der Waals surface area contributed by atoms with Crippen LogP contribution in [0, 0.1) is 0 Å². The lowest BCUT2D eigenvalue weighted by atomic mass is 10.2. The number of carbonyl (C=O) groups is 1. The quantitative estimate of drug-likeness (QED) is 0.347. The molecular formula is C24H18ClN3O3. The second-order valence-electron chi connectivity index (χ2n) is 6.78. The molecule has 31 heavy (non-hydrogen) atoms. The van der Waals surface area contributed by atoms with Gasteiger partial charge in [-0.3, -0.25) is 9.59 Å². The maximum Gasteiger partial charge on any atom is 0.271 e. The molecule has 2 N–H and O–H groups in total. The Balaban J connectivity index is 1.36. The summed E-state index contributed by atoms with van der Waals surface area (Å²) in [6, 6.07) is 23.3. The van der Waals surface area contributed by atoms with Gasteiger partial charge in [0.05, 0.1) is 11.8 Å². The van der Waals surface area contributed by atoms with Gasteiger partial charge in [0.1, 0.15) is 12.4 Å². The number of aromatic nitrogens is 1. The third-order valence-corrected chi connectivity index (χ3v) is 4.84. The summed E-state index contributed by atoms with van der Waals surface area (Å²) < 4.78 is 5.71. The van der Waals surface area contributed by atoms with Crippen molar-refractivity contribution in [2.45, 2.75) is 6.61 Å². The van der Waals surface area contributed by atoms with Crippen LogP contribution in [0.4, 0.5) is 0 Å². The highest BCUT2D eigenvalue weighted by atomic mass is 35.5. The monoisotopic (exact) mass is 431 g/mol. The van der Waals surface area contributed by atoms with Gasteiger partial charge in [-0.1, -0.05) is 41.9 Å². The highest BCUT2D eigenvalue weighted by Crippen LogP contribution is 2.16. The molecular weight excluding hydrogens is 414 g/mol. The molecule has 0 saturated carbocycles. The lowest BCUT2D eigenvalue weighted by Gasteiger charge is -2.07. The molecule has 4 rings (SSSR count). The normalized spacial score (nSPS) is 11.0. The number of nitrogens with one attached hydrogen (secondary N) is 2. The van der Waals surface area contributed by atoms with Crippen LogP contribution in [0.2, 0.25) is 5.02 Å². The molecule has 0 atom stereocenters. The maximum absolute atomic E-state index is 12.3. The first-order chi connectivity index (χ1) is 15.1. The fraction of sp³-hybridized carbons (Fsp3) is 0.0417. The van der Waals surface area contributed by atoms with Crippen molar-refractivity contribution in [2.75, 3.05) is 0 Å². The van der Waals surface area contributed by atoms with Gasteiger partial charge in [-0.25, -0.2) is 5.43 Å². The molecule has 1 heterocycles. The first-order valence-corrected chi connectivity index (χ1v) is 9.89. The van der Waals surface area contributed by atoms with Crippen molar-refractivity contribution in [3.63, 3.8) is 0 Å². The number of H-pyrrole nitrogens is 1. The summed E-state index contributed by atoms with van der Waals surface area (Å²) in [5.74, 6) is 0.246. The number of halogens is 1. The minimum atomic E-state index is -0.391. The molecule has 6 nitrogen and oxygen atoms in total. The van der Waals surface area contributed by atoms with E-state index in [2.05, 4.69) is 15.5 Å². The average molecular weight is 432 g/mol. The van der Waals surface area contributed by atoms with E-state index in [1.54, 1.807) is 42.5 Å². The Morgan fingerprint density at radius 2 is 1.77 bits per heavy atom. The number of pyridine rings is 1. The zero-order valence-electron chi connectivity index (χ0n) is 16.3. The van der Waals surface area contributed by atoms with Crippen LogP contribution in [0.5, 0.6) is 5.75 Å². The van der Waals surface area contributed by atoms with E-state index < -0.39 is 5.91 Å². The van der Waals surface area contributed by atoms with Gasteiger partial charge in [-0.15, -0.1) is 0 Å². The van der Waals surface area contributed by atoms with Crippen LogP contribution in [0.25, 0.3) is 10.9 Å². The number of para-hydroxylation sites is 1. The van der Waals surface area contributed by atoms with E-state index in [-0.39, 0.29) is 5.56 Å². The van der Waals surface area contributed by atoms with Crippen LogP contribution in [0.1, 0.15) is 21.5 Å². The Morgan fingerprint density at radius 1 is 1.03 bits per heavy atom. The molecule has 1 aromatic heterocycles. The van der Waals surface area contributed by atoms with Gasteiger partial charge in [-0.2, -0.15) is 5.10 Å². The van der Waals surface area contributed by atoms with Crippen LogP contribution in [0.15, 0.2) is 88.8 Å². The Bertz CT molecular complexity index is 1300. The number of ether oxygens (including phenoxy) is 1. The average Bonchev–Trinajstić information content (AvgIpc) is 2.79. The number of hydrazone groups is 1. The maximum atomic E-state index is 12.3. The lowest BCUT2D eigenvalue weighted by Crippen LogP contribution is -2.19. The molecule has 0 saturated heterocycles. The molecule has 4 aromatic rings. The van der Waals surface area contributed by atoms with E-state index in [1.807, 2.05) is 36.4 Å². The van der Waals surface area contributed by atoms with E-state index in [4.69, 9.17) is 16.3 Å². The number of hydrogen-bond acceptors (Lipinski definition) is 4. The van der Waals surface area contributed by atoms with Crippen LogP contribution in [-0.4, -0.2) is 17.1 Å². The van der Waals surface area contributed by atoms with Crippen molar-refractivity contribution in [3.05, 3.63) is 111 Å². The minimum Gasteiger partial charge on any atom is -0.489 e. The van der Waals surface area contributed by atoms with Gasteiger partial charge in [0.15, 0.2) is 0 Å². The van der Waals surface area contributed by atoms with Gasteiger partial charge in [0.2, 0.25) is 0 Å². The lowest BCUT2D eigenvalue weighted by molar-refractivity contribution is 0.0955. The molecule has 154 valence electrons. The van der Waals surface area contributed by atoms with Gasteiger partial charge < -0.3 is 9.72 Å². The topological polar surface area (TPSA) is 83.5 Å². The van der Waals surface area contributed by atoms with Gasteiger partial charge in [-0.05, 0) is 59.5 Å². The van der Waals surface area contributed by atoms with Gasteiger partial charge in [0.25, 0.3) is 11.5 Å². The van der Waals surface area contributed by atoms with E-state index in [1.165, 1.54) is 6.21 Å². The van der Waals surface area contributed by atoms with Crippen molar-refractivity contribution in [1.82, 2.24) is 10.4 Å². The van der Waals surface area contributed by atoms with E-state index in [0.717, 1.165) is 16.5 Å². The summed E-state index contributed by atoms with van der Waals surface area (Å²) in [6.45, 7) is 0.396. The van der Waals surface area contributed by atoms with Crippen LogP contribution in [-0.2, 0) is 6.61 Å². The predicted molar refractivity (Wildman–Crippen MR) is 122 cm³/mol. The smallest absolute Gasteiger partial charge is 0.271 e. The van der Waals surface area contributed by atoms with Crippen molar-refractivity contribution in [3.8, 4) is 5.75 Å².